The lowest BCUT2D eigenvalue weighted by molar-refractivity contribution is -0.131. The van der Waals surface area contributed by atoms with E-state index in [0.717, 1.165) is 29.8 Å². The molecule has 8 heteroatoms. The Morgan fingerprint density at radius 3 is 2.85 bits per heavy atom. The van der Waals surface area contributed by atoms with Gasteiger partial charge in [0.25, 0.3) is 5.91 Å². The molecule has 0 aliphatic heterocycles. The fraction of sp³-hybridized carbons (Fsp3) is 0. The monoisotopic (exact) mass is 293 g/mol. The number of aliphatic carboxylic acids is 1. The van der Waals surface area contributed by atoms with Gasteiger partial charge in [0, 0.05) is 17.3 Å². The number of hydrogen-bond donors (Lipinski definition) is 2. The lowest BCUT2D eigenvalue weighted by atomic mass is 10.1. The Labute approximate surface area is 116 Å². The summed E-state index contributed by atoms with van der Waals surface area (Å²) in [6.45, 7) is 0. The minimum Gasteiger partial charge on any atom is -0.478 e. The zero-order chi connectivity index (χ0) is 14.5. The summed E-state index contributed by atoms with van der Waals surface area (Å²) in [4.78, 5) is 22.5. The molecule has 1 heterocycles. The van der Waals surface area contributed by atoms with Crippen LogP contribution in [0.3, 0.4) is 0 Å². The van der Waals surface area contributed by atoms with Crippen LogP contribution >= 0.6 is 11.5 Å². The third kappa shape index (κ3) is 3.45. The molecule has 0 bridgehead atoms. The summed E-state index contributed by atoms with van der Waals surface area (Å²) in [5, 5.41) is 14.6. The van der Waals surface area contributed by atoms with Crippen molar-refractivity contribution in [1.29, 1.82) is 0 Å². The Bertz CT molecular complexity index is 671. The van der Waals surface area contributed by atoms with Gasteiger partial charge in [-0.25, -0.2) is 9.18 Å². The van der Waals surface area contributed by atoms with Crippen LogP contribution in [0.4, 0.5) is 10.1 Å². The summed E-state index contributed by atoms with van der Waals surface area (Å²) in [5.41, 5.74) is 0.405. The summed E-state index contributed by atoms with van der Waals surface area (Å²) in [6.07, 6.45) is 3.24. The first-order chi connectivity index (χ1) is 9.56. The van der Waals surface area contributed by atoms with Crippen molar-refractivity contribution in [2.45, 2.75) is 0 Å². The van der Waals surface area contributed by atoms with Crippen LogP contribution in [0.15, 0.2) is 30.5 Å². The van der Waals surface area contributed by atoms with Gasteiger partial charge in [0.05, 0.1) is 6.20 Å². The molecule has 2 rings (SSSR count). The number of carbonyl (C=O) groups is 2. The first-order valence-corrected chi connectivity index (χ1v) is 6.13. The third-order valence-corrected chi connectivity index (χ3v) is 2.91. The molecule has 6 nitrogen and oxygen atoms in total. The van der Waals surface area contributed by atoms with Crippen LogP contribution in [0.5, 0.6) is 0 Å². The van der Waals surface area contributed by atoms with E-state index in [1.807, 2.05) is 0 Å². The number of benzene rings is 1. The number of anilines is 1. The van der Waals surface area contributed by atoms with Crippen molar-refractivity contribution < 1.29 is 19.1 Å². The number of carboxylic acids is 1. The predicted molar refractivity (Wildman–Crippen MR) is 70.9 cm³/mol. The van der Waals surface area contributed by atoms with Gasteiger partial charge in [-0.05, 0) is 35.8 Å². The van der Waals surface area contributed by atoms with E-state index >= 15 is 0 Å². The van der Waals surface area contributed by atoms with Gasteiger partial charge in [0.2, 0.25) is 0 Å². The van der Waals surface area contributed by atoms with Crippen LogP contribution < -0.4 is 5.32 Å². The molecule has 0 spiro atoms. The Morgan fingerprint density at radius 2 is 2.20 bits per heavy atom. The Morgan fingerprint density at radius 1 is 1.40 bits per heavy atom. The number of rotatable bonds is 4. The lowest BCUT2D eigenvalue weighted by Gasteiger charge is -2.05. The Hall–Kier alpha value is -2.61. The second-order valence-electron chi connectivity index (χ2n) is 3.64. The summed E-state index contributed by atoms with van der Waals surface area (Å²) < 4.78 is 17.0. The number of aromatic nitrogens is 2. The van der Waals surface area contributed by atoms with Gasteiger partial charge in [-0.1, -0.05) is 4.49 Å². The topological polar surface area (TPSA) is 92.2 Å². The van der Waals surface area contributed by atoms with Gasteiger partial charge < -0.3 is 10.4 Å². The summed E-state index contributed by atoms with van der Waals surface area (Å²) in [5.74, 6) is -2.19. The molecule has 0 atom stereocenters. The molecule has 0 saturated heterocycles. The minimum absolute atomic E-state index is 0.0626. The molecule has 0 radical (unpaired) electrons. The number of nitrogens with one attached hydrogen (secondary N) is 1. The number of carboxylic acid groups (broad SMARTS) is 1. The molecule has 1 aromatic carbocycles. The second kappa shape index (κ2) is 6.02. The van der Waals surface area contributed by atoms with Crippen LogP contribution in [0.25, 0.3) is 6.08 Å². The van der Waals surface area contributed by atoms with Gasteiger partial charge in [-0.15, -0.1) is 5.10 Å². The molecule has 0 fully saturated rings. The molecule has 20 heavy (non-hydrogen) atoms. The molecule has 2 aromatic rings. The quantitative estimate of drug-likeness (QED) is 0.841. The van der Waals surface area contributed by atoms with E-state index in [2.05, 4.69) is 14.9 Å². The maximum atomic E-state index is 13.5. The number of hydrogen-bond acceptors (Lipinski definition) is 5. The maximum Gasteiger partial charge on any atom is 0.328 e. The normalized spacial score (nSPS) is 10.7. The first kappa shape index (κ1) is 13.8. The standard InChI is InChI=1S/C12H8FN3O3S/c13-9-3-2-8(5-7(9)1-4-11(17)18)15-12(19)10-6-14-16-20-10/h1-6H,(H,15,19)(H,17,18)/b4-1+. The largest absolute Gasteiger partial charge is 0.478 e. The molecule has 0 saturated carbocycles. The maximum absolute atomic E-state index is 13.5. The average Bonchev–Trinajstić information content (AvgIpc) is 2.93. The highest BCUT2D eigenvalue weighted by molar-refractivity contribution is 7.07. The lowest BCUT2D eigenvalue weighted by Crippen LogP contribution is -2.10. The highest BCUT2D eigenvalue weighted by atomic mass is 32.1. The van der Waals surface area contributed by atoms with Crippen molar-refractivity contribution in [1.82, 2.24) is 9.59 Å². The van der Waals surface area contributed by atoms with Crippen LogP contribution in [0.1, 0.15) is 15.2 Å². The fourth-order valence-corrected chi connectivity index (χ4v) is 1.78. The number of carbonyl (C=O) groups excluding carboxylic acids is 1. The van der Waals surface area contributed by atoms with E-state index < -0.39 is 17.7 Å². The Kier molecular flexibility index (Phi) is 4.16. The number of amides is 1. The second-order valence-corrected chi connectivity index (χ2v) is 4.43. The molecule has 102 valence electrons. The zero-order valence-electron chi connectivity index (χ0n) is 9.91. The molecule has 0 unspecified atom stereocenters. The smallest absolute Gasteiger partial charge is 0.328 e. The van der Waals surface area contributed by atoms with E-state index in [9.17, 15) is 14.0 Å². The van der Waals surface area contributed by atoms with Crippen molar-refractivity contribution in [3.63, 3.8) is 0 Å². The van der Waals surface area contributed by atoms with Crippen LogP contribution in [-0.4, -0.2) is 26.6 Å². The molecule has 1 aromatic heterocycles. The van der Waals surface area contributed by atoms with Crippen molar-refractivity contribution >= 4 is 35.2 Å². The van der Waals surface area contributed by atoms with E-state index in [-0.39, 0.29) is 5.56 Å². The molecule has 1 amide bonds. The van der Waals surface area contributed by atoms with Gasteiger partial charge in [-0.2, -0.15) is 0 Å². The van der Waals surface area contributed by atoms with Crippen molar-refractivity contribution in [3.05, 3.63) is 46.7 Å². The predicted octanol–water partition coefficient (Wildman–Crippen LogP) is 2.03. The number of halogens is 1. The SMILES string of the molecule is O=C(O)/C=C/c1cc(NC(=O)c2cnns2)ccc1F. The molecule has 0 aliphatic carbocycles. The van der Waals surface area contributed by atoms with E-state index in [1.54, 1.807) is 0 Å². The van der Waals surface area contributed by atoms with Gasteiger partial charge >= 0.3 is 5.97 Å². The molecule has 2 N–H and O–H groups in total. The van der Waals surface area contributed by atoms with E-state index in [0.29, 0.717) is 10.6 Å². The van der Waals surface area contributed by atoms with Gasteiger partial charge in [0.1, 0.15) is 10.7 Å². The van der Waals surface area contributed by atoms with Crippen LogP contribution in [0, 0.1) is 5.82 Å². The third-order valence-electron chi connectivity index (χ3n) is 2.24. The van der Waals surface area contributed by atoms with Crippen LogP contribution in [-0.2, 0) is 4.79 Å². The Balaban J connectivity index is 2.19. The van der Waals surface area contributed by atoms with E-state index in [4.69, 9.17) is 5.11 Å². The molecular weight excluding hydrogens is 285 g/mol. The highest BCUT2D eigenvalue weighted by Crippen LogP contribution is 2.17. The first-order valence-electron chi connectivity index (χ1n) is 5.35. The fourth-order valence-electron chi connectivity index (χ4n) is 1.37. The number of nitrogens with zero attached hydrogens (tertiary/aromatic N) is 2. The molecule has 0 aliphatic rings. The van der Waals surface area contributed by atoms with Gasteiger partial charge in [-0.3, -0.25) is 4.79 Å². The summed E-state index contributed by atoms with van der Waals surface area (Å²) >= 11 is 0.933. The van der Waals surface area contributed by atoms with Gasteiger partial charge in [0.15, 0.2) is 0 Å². The minimum atomic E-state index is -1.19. The van der Waals surface area contributed by atoms with Crippen molar-refractivity contribution in [2.75, 3.05) is 5.32 Å². The highest BCUT2D eigenvalue weighted by Gasteiger charge is 2.09. The van der Waals surface area contributed by atoms with Crippen molar-refractivity contribution in [2.24, 2.45) is 0 Å². The average molecular weight is 293 g/mol. The molecular formula is C12H8FN3O3S. The van der Waals surface area contributed by atoms with Crippen LogP contribution in [0.2, 0.25) is 0 Å². The summed E-state index contributed by atoms with van der Waals surface area (Å²) in [6, 6.07) is 3.85. The van der Waals surface area contributed by atoms with Crippen molar-refractivity contribution in [3.8, 4) is 0 Å². The van der Waals surface area contributed by atoms with E-state index in [1.165, 1.54) is 18.3 Å². The summed E-state index contributed by atoms with van der Waals surface area (Å²) in [7, 11) is 0. The zero-order valence-corrected chi connectivity index (χ0v) is 10.7.